The predicted molar refractivity (Wildman–Crippen MR) is 89.9 cm³/mol. The standard InChI is InChI=1S/C19H26N3O/c1-12-14-3-2-4-17-18(14)15(5-8-20-12)19(22(17)23)16-11-21-9-6-13(16)7-10-21/h2-4,12-13,15-16,19-20H,5-11H2,1H3/q+1/t12?,15?,16?,19-/m0/s1. The summed E-state index contributed by atoms with van der Waals surface area (Å²) in [6.07, 6.45) is 3.68. The Labute approximate surface area is 137 Å². The molecule has 0 radical (unpaired) electrons. The Morgan fingerprint density at radius 2 is 2.04 bits per heavy atom. The number of piperidine rings is 3. The zero-order chi connectivity index (χ0) is 15.6. The molecule has 0 saturated carbocycles. The van der Waals surface area contributed by atoms with Crippen molar-refractivity contribution in [3.63, 3.8) is 0 Å². The second-order valence-corrected chi connectivity index (χ2v) is 7.97. The van der Waals surface area contributed by atoms with Crippen molar-refractivity contribution in [2.24, 2.45) is 11.8 Å². The third-order valence-corrected chi connectivity index (χ3v) is 6.93. The van der Waals surface area contributed by atoms with Crippen molar-refractivity contribution in [2.75, 3.05) is 26.2 Å². The SMILES string of the molecule is CC1NCCC2c3c1cccc3[N+](=O)[C@@H]2C1CN2CCC1CC2. The van der Waals surface area contributed by atoms with Crippen molar-refractivity contribution >= 4 is 5.69 Å². The van der Waals surface area contributed by atoms with Crippen LogP contribution in [0.3, 0.4) is 0 Å². The van der Waals surface area contributed by atoms with Gasteiger partial charge in [-0.15, -0.1) is 0 Å². The van der Waals surface area contributed by atoms with Gasteiger partial charge in [-0.25, -0.2) is 0 Å². The zero-order valence-electron chi connectivity index (χ0n) is 13.9. The highest BCUT2D eigenvalue weighted by atomic mass is 16.3. The van der Waals surface area contributed by atoms with Crippen LogP contribution in [-0.4, -0.2) is 41.9 Å². The summed E-state index contributed by atoms with van der Waals surface area (Å²) in [4.78, 5) is 15.8. The maximum atomic E-state index is 13.2. The molecular weight excluding hydrogens is 286 g/mol. The lowest BCUT2D eigenvalue weighted by Gasteiger charge is -2.45. The van der Waals surface area contributed by atoms with Crippen molar-refractivity contribution in [1.82, 2.24) is 10.2 Å². The Kier molecular flexibility index (Phi) is 3.14. The second kappa shape index (κ2) is 5.12. The zero-order valence-corrected chi connectivity index (χ0v) is 13.9. The lowest BCUT2D eigenvalue weighted by molar-refractivity contribution is -0.513. The minimum absolute atomic E-state index is 0.159. The summed E-state index contributed by atoms with van der Waals surface area (Å²) >= 11 is 0. The van der Waals surface area contributed by atoms with E-state index in [1.54, 1.807) is 0 Å². The molecule has 4 atom stereocenters. The second-order valence-electron chi connectivity index (χ2n) is 7.97. The number of hydrogen-bond acceptors (Lipinski definition) is 3. The van der Waals surface area contributed by atoms with Crippen LogP contribution in [0.1, 0.15) is 49.3 Å². The molecule has 3 saturated heterocycles. The van der Waals surface area contributed by atoms with Gasteiger partial charge in [0.15, 0.2) is 0 Å². The van der Waals surface area contributed by atoms with Crippen LogP contribution in [0.4, 0.5) is 5.69 Å². The van der Waals surface area contributed by atoms with Crippen molar-refractivity contribution < 1.29 is 4.76 Å². The molecule has 4 nitrogen and oxygen atoms in total. The van der Waals surface area contributed by atoms with Crippen LogP contribution in [-0.2, 0) is 0 Å². The van der Waals surface area contributed by atoms with E-state index in [1.807, 2.05) is 0 Å². The van der Waals surface area contributed by atoms with E-state index in [9.17, 15) is 4.91 Å². The smallest absolute Gasteiger partial charge is 0.260 e. The molecule has 5 aliphatic heterocycles. The van der Waals surface area contributed by atoms with Gasteiger partial charge in [0.05, 0.1) is 5.92 Å². The molecule has 23 heavy (non-hydrogen) atoms. The summed E-state index contributed by atoms with van der Waals surface area (Å²) < 4.78 is 1.41. The number of nitroso groups, excluding NO2 is 1. The van der Waals surface area contributed by atoms with E-state index in [0.717, 1.165) is 31.1 Å². The first-order valence-corrected chi connectivity index (χ1v) is 9.29. The lowest BCUT2D eigenvalue weighted by atomic mass is 9.71. The monoisotopic (exact) mass is 312 g/mol. The number of fused-ring (bicyclic) bond motifs is 3. The number of nitrogens with zero attached hydrogens (tertiary/aromatic N) is 2. The molecule has 122 valence electrons. The summed E-state index contributed by atoms with van der Waals surface area (Å²) in [6, 6.07) is 6.86. The quantitative estimate of drug-likeness (QED) is 0.810. The van der Waals surface area contributed by atoms with E-state index in [1.165, 1.54) is 41.8 Å². The first kappa shape index (κ1) is 14.1. The topological polar surface area (TPSA) is 35.4 Å². The molecular formula is C19H26N3O+. The Morgan fingerprint density at radius 1 is 1.22 bits per heavy atom. The molecule has 1 aromatic rings. The van der Waals surface area contributed by atoms with Gasteiger partial charge in [-0.05, 0) is 57.3 Å². The van der Waals surface area contributed by atoms with Gasteiger partial charge in [0.25, 0.3) is 5.69 Å². The number of rotatable bonds is 1. The highest BCUT2D eigenvalue weighted by Gasteiger charge is 2.56. The average molecular weight is 312 g/mol. The summed E-state index contributed by atoms with van der Waals surface area (Å²) in [6.45, 7) is 6.87. The Balaban J connectivity index is 1.59. The van der Waals surface area contributed by atoms with E-state index in [4.69, 9.17) is 0 Å². The van der Waals surface area contributed by atoms with Crippen LogP contribution < -0.4 is 5.32 Å². The van der Waals surface area contributed by atoms with Gasteiger partial charge < -0.3 is 10.2 Å². The molecule has 1 N–H and O–H groups in total. The van der Waals surface area contributed by atoms with Crippen LogP contribution in [0.5, 0.6) is 0 Å². The molecule has 5 aliphatic rings. The van der Waals surface area contributed by atoms with Gasteiger partial charge in [0, 0.05) is 39.8 Å². The van der Waals surface area contributed by atoms with Gasteiger partial charge in [-0.2, -0.15) is 0 Å². The van der Waals surface area contributed by atoms with Crippen molar-refractivity contribution in [3.8, 4) is 0 Å². The molecule has 3 fully saturated rings. The van der Waals surface area contributed by atoms with Crippen molar-refractivity contribution in [2.45, 2.75) is 44.2 Å². The fraction of sp³-hybridized carbons (Fsp3) is 0.684. The predicted octanol–water partition coefficient (Wildman–Crippen LogP) is 2.96. The molecule has 0 spiro atoms. The minimum Gasteiger partial charge on any atom is -0.310 e. The molecule has 5 heterocycles. The summed E-state index contributed by atoms with van der Waals surface area (Å²) in [5.74, 6) is 1.73. The Bertz CT molecular complexity index is 650. The van der Waals surface area contributed by atoms with Crippen molar-refractivity contribution in [3.05, 3.63) is 34.2 Å². The molecule has 3 unspecified atom stereocenters. The minimum atomic E-state index is 0.159. The molecule has 1 aromatic carbocycles. The molecule has 6 rings (SSSR count). The maximum Gasteiger partial charge on any atom is 0.260 e. The highest BCUT2D eigenvalue weighted by molar-refractivity contribution is 5.52. The number of benzene rings is 1. The number of nitrogens with one attached hydrogen (secondary N) is 1. The van der Waals surface area contributed by atoms with Gasteiger partial charge in [-0.1, -0.05) is 12.1 Å². The molecule has 0 amide bonds. The summed E-state index contributed by atoms with van der Waals surface area (Å²) in [7, 11) is 0. The van der Waals surface area contributed by atoms with E-state index < -0.39 is 0 Å². The van der Waals surface area contributed by atoms with Crippen LogP contribution in [0.25, 0.3) is 0 Å². The Morgan fingerprint density at radius 3 is 2.78 bits per heavy atom. The van der Waals surface area contributed by atoms with Gasteiger partial charge in [-0.3, -0.25) is 0 Å². The van der Waals surface area contributed by atoms with Gasteiger partial charge in [0.1, 0.15) is 0 Å². The van der Waals surface area contributed by atoms with Crippen LogP contribution in [0.15, 0.2) is 18.2 Å². The van der Waals surface area contributed by atoms with Crippen LogP contribution in [0, 0.1) is 16.7 Å². The third kappa shape index (κ3) is 1.97. The van der Waals surface area contributed by atoms with E-state index in [2.05, 4.69) is 35.3 Å². The first-order valence-electron chi connectivity index (χ1n) is 9.29. The van der Waals surface area contributed by atoms with E-state index in [-0.39, 0.29) is 6.04 Å². The Hall–Kier alpha value is -1.26. The molecule has 0 aromatic heterocycles. The lowest BCUT2D eigenvalue weighted by Crippen LogP contribution is -2.53. The van der Waals surface area contributed by atoms with E-state index >= 15 is 0 Å². The fourth-order valence-electron chi connectivity index (χ4n) is 5.79. The molecule has 0 aliphatic carbocycles. The van der Waals surface area contributed by atoms with E-state index in [0.29, 0.717) is 17.9 Å². The van der Waals surface area contributed by atoms with Crippen LogP contribution >= 0.6 is 0 Å². The fourth-order valence-corrected chi connectivity index (χ4v) is 5.79. The molecule has 2 bridgehead atoms. The largest absolute Gasteiger partial charge is 0.310 e. The molecule has 4 heteroatoms. The maximum absolute atomic E-state index is 13.2. The number of hydrogen-bond donors (Lipinski definition) is 1. The van der Waals surface area contributed by atoms with Crippen LogP contribution in [0.2, 0.25) is 0 Å². The highest BCUT2D eigenvalue weighted by Crippen LogP contribution is 2.51. The average Bonchev–Trinajstić information content (AvgIpc) is 2.77. The summed E-state index contributed by atoms with van der Waals surface area (Å²) in [5, 5.41) is 3.63. The van der Waals surface area contributed by atoms with Gasteiger partial charge >= 0.3 is 0 Å². The summed E-state index contributed by atoms with van der Waals surface area (Å²) in [5.41, 5.74) is 3.68. The normalized spacial score (nSPS) is 41.7. The first-order chi connectivity index (χ1) is 11.2. The van der Waals surface area contributed by atoms with Gasteiger partial charge in [0.2, 0.25) is 6.04 Å². The third-order valence-electron chi connectivity index (χ3n) is 6.93. The van der Waals surface area contributed by atoms with Crippen molar-refractivity contribution in [1.29, 1.82) is 0 Å².